The average Bonchev–Trinajstić information content (AvgIpc) is 3.18. The predicted molar refractivity (Wildman–Crippen MR) is 102 cm³/mol. The molecule has 139 valence electrons. The number of imidazole rings is 1. The molecule has 1 aliphatic heterocycles. The molecule has 0 unspecified atom stereocenters. The van der Waals surface area contributed by atoms with Crippen molar-refractivity contribution in [2.75, 3.05) is 26.2 Å². The van der Waals surface area contributed by atoms with E-state index in [0.717, 1.165) is 62.6 Å². The van der Waals surface area contributed by atoms with Gasteiger partial charge in [-0.2, -0.15) is 0 Å². The molecule has 1 aliphatic rings. The van der Waals surface area contributed by atoms with E-state index in [9.17, 15) is 4.79 Å². The molecule has 6 nitrogen and oxygen atoms in total. The first-order valence-corrected chi connectivity index (χ1v) is 9.50. The SMILES string of the molecule is CCN(CC)C(=O)c1ccc([N]C2CCN(Cc3ncc[nH]3)CC2)cc1. The minimum atomic E-state index is 0.0905. The Kier molecular flexibility index (Phi) is 6.28. The van der Waals surface area contributed by atoms with Gasteiger partial charge in [-0.1, -0.05) is 0 Å². The highest BCUT2D eigenvalue weighted by atomic mass is 16.2. The summed E-state index contributed by atoms with van der Waals surface area (Å²) in [6, 6.07) is 8.07. The van der Waals surface area contributed by atoms with Crippen LogP contribution in [-0.2, 0) is 6.54 Å². The van der Waals surface area contributed by atoms with Crippen molar-refractivity contribution in [2.24, 2.45) is 0 Å². The summed E-state index contributed by atoms with van der Waals surface area (Å²) >= 11 is 0. The number of H-pyrrole nitrogens is 1. The van der Waals surface area contributed by atoms with E-state index in [1.165, 1.54) is 0 Å². The number of rotatable bonds is 7. The lowest BCUT2D eigenvalue weighted by molar-refractivity contribution is 0.0773. The fraction of sp³-hybridized carbons (Fsp3) is 0.500. The highest BCUT2D eigenvalue weighted by molar-refractivity contribution is 5.94. The largest absolute Gasteiger partial charge is 0.348 e. The lowest BCUT2D eigenvalue weighted by atomic mass is 10.0. The molecule has 1 N–H and O–H groups in total. The van der Waals surface area contributed by atoms with Crippen molar-refractivity contribution in [3.05, 3.63) is 48.0 Å². The van der Waals surface area contributed by atoms with Gasteiger partial charge in [0.15, 0.2) is 0 Å². The Bertz CT molecular complexity index is 671. The van der Waals surface area contributed by atoms with Crippen LogP contribution in [0.15, 0.2) is 36.7 Å². The van der Waals surface area contributed by atoms with Gasteiger partial charge in [0.2, 0.25) is 0 Å². The van der Waals surface area contributed by atoms with Crippen LogP contribution in [0.25, 0.3) is 0 Å². The lowest BCUT2D eigenvalue weighted by Gasteiger charge is -2.31. The number of aromatic nitrogens is 2. The maximum Gasteiger partial charge on any atom is 0.253 e. The molecular weight excluding hydrogens is 326 g/mol. The number of carbonyl (C=O) groups excluding carboxylic acids is 1. The predicted octanol–water partition coefficient (Wildman–Crippen LogP) is 2.79. The molecule has 2 heterocycles. The molecule has 0 atom stereocenters. The van der Waals surface area contributed by atoms with Gasteiger partial charge in [0.1, 0.15) is 5.82 Å². The zero-order valence-electron chi connectivity index (χ0n) is 15.7. The number of nitrogens with one attached hydrogen (secondary N) is 1. The number of nitrogens with zero attached hydrogens (tertiary/aromatic N) is 4. The molecule has 1 saturated heterocycles. The van der Waals surface area contributed by atoms with E-state index in [4.69, 9.17) is 5.32 Å². The molecule has 0 bridgehead atoms. The number of hydrogen-bond donors (Lipinski definition) is 1. The molecule has 0 spiro atoms. The Balaban J connectivity index is 1.48. The van der Waals surface area contributed by atoms with E-state index >= 15 is 0 Å². The summed E-state index contributed by atoms with van der Waals surface area (Å²) in [5.74, 6) is 1.11. The Morgan fingerprint density at radius 1 is 1.23 bits per heavy atom. The number of piperidine rings is 1. The molecule has 0 saturated carbocycles. The number of amides is 1. The second-order valence-corrected chi connectivity index (χ2v) is 6.70. The van der Waals surface area contributed by atoms with E-state index < -0.39 is 0 Å². The molecule has 1 fully saturated rings. The summed E-state index contributed by atoms with van der Waals surface area (Å²) in [7, 11) is 0. The van der Waals surface area contributed by atoms with Gasteiger partial charge in [-0.15, -0.1) is 0 Å². The Hall–Kier alpha value is -2.34. The van der Waals surface area contributed by atoms with E-state index in [0.29, 0.717) is 6.04 Å². The molecule has 1 amide bonds. The van der Waals surface area contributed by atoms with Crippen molar-refractivity contribution in [2.45, 2.75) is 39.3 Å². The van der Waals surface area contributed by atoms with Crippen LogP contribution in [0.1, 0.15) is 42.9 Å². The van der Waals surface area contributed by atoms with E-state index in [2.05, 4.69) is 14.9 Å². The van der Waals surface area contributed by atoms with Crippen molar-refractivity contribution in [1.29, 1.82) is 0 Å². The van der Waals surface area contributed by atoms with Gasteiger partial charge in [0, 0.05) is 44.1 Å². The molecular formula is C20H28N5O. The van der Waals surface area contributed by atoms with Crippen LogP contribution in [0.3, 0.4) is 0 Å². The molecule has 2 aromatic rings. The van der Waals surface area contributed by atoms with Crippen LogP contribution >= 0.6 is 0 Å². The average molecular weight is 354 g/mol. The van der Waals surface area contributed by atoms with Crippen molar-refractivity contribution in [3.8, 4) is 0 Å². The highest BCUT2D eigenvalue weighted by Gasteiger charge is 2.21. The third-order valence-corrected chi connectivity index (χ3v) is 4.98. The number of benzene rings is 1. The third kappa shape index (κ3) is 4.64. The van der Waals surface area contributed by atoms with Gasteiger partial charge in [0.25, 0.3) is 5.91 Å². The first kappa shape index (κ1) is 18.5. The second kappa shape index (κ2) is 8.85. The van der Waals surface area contributed by atoms with Crippen LogP contribution in [0.5, 0.6) is 0 Å². The Labute approximate surface area is 155 Å². The van der Waals surface area contributed by atoms with E-state index in [-0.39, 0.29) is 5.91 Å². The third-order valence-electron chi connectivity index (χ3n) is 4.98. The van der Waals surface area contributed by atoms with E-state index in [1.54, 1.807) is 6.20 Å². The van der Waals surface area contributed by atoms with Gasteiger partial charge in [-0.05, 0) is 51.0 Å². The van der Waals surface area contributed by atoms with Gasteiger partial charge in [-0.3, -0.25) is 15.0 Å². The molecule has 26 heavy (non-hydrogen) atoms. The minimum absolute atomic E-state index is 0.0905. The molecule has 1 aromatic heterocycles. The standard InChI is InChI=1S/C20H28N5O/c1-3-25(4-2)20(26)16-5-7-17(8-6-16)23-18-9-13-24(14-10-18)15-19-21-11-12-22-19/h5-8,11-12,18H,3-4,9-10,13-15H2,1-2H3,(H,21,22). The van der Waals surface area contributed by atoms with Crippen molar-refractivity contribution < 1.29 is 4.79 Å². The van der Waals surface area contributed by atoms with Crippen molar-refractivity contribution in [1.82, 2.24) is 25.1 Å². The molecule has 1 radical (unpaired) electrons. The number of likely N-dealkylation sites (tertiary alicyclic amines) is 1. The molecule has 0 aliphatic carbocycles. The fourth-order valence-corrected chi connectivity index (χ4v) is 3.40. The Morgan fingerprint density at radius 3 is 2.50 bits per heavy atom. The van der Waals surface area contributed by atoms with Crippen molar-refractivity contribution in [3.63, 3.8) is 0 Å². The lowest BCUT2D eigenvalue weighted by Crippen LogP contribution is -2.38. The van der Waals surface area contributed by atoms with Gasteiger partial charge < -0.3 is 9.88 Å². The summed E-state index contributed by atoms with van der Waals surface area (Å²) in [4.78, 5) is 24.1. The van der Waals surface area contributed by atoms with Crippen LogP contribution < -0.4 is 5.32 Å². The molecule has 6 heteroatoms. The maximum atomic E-state index is 12.4. The molecule has 3 rings (SSSR count). The maximum absolute atomic E-state index is 12.4. The quantitative estimate of drug-likeness (QED) is 0.831. The van der Waals surface area contributed by atoms with Crippen LogP contribution in [-0.4, -0.2) is 57.9 Å². The van der Waals surface area contributed by atoms with E-state index in [1.807, 2.05) is 49.2 Å². The first-order chi connectivity index (χ1) is 12.7. The second-order valence-electron chi connectivity index (χ2n) is 6.70. The summed E-state index contributed by atoms with van der Waals surface area (Å²) in [6.07, 6.45) is 5.78. The van der Waals surface area contributed by atoms with Crippen LogP contribution in [0.2, 0.25) is 0 Å². The number of carbonyl (C=O) groups is 1. The van der Waals surface area contributed by atoms with Crippen molar-refractivity contribution >= 4 is 11.6 Å². The number of aromatic amines is 1. The monoisotopic (exact) mass is 354 g/mol. The fourth-order valence-electron chi connectivity index (χ4n) is 3.40. The zero-order chi connectivity index (χ0) is 18.4. The van der Waals surface area contributed by atoms with Gasteiger partial charge in [-0.25, -0.2) is 4.98 Å². The summed E-state index contributed by atoms with van der Waals surface area (Å²) in [6.45, 7) is 8.42. The Morgan fingerprint density at radius 2 is 1.92 bits per heavy atom. The molecule has 1 aromatic carbocycles. The summed E-state index contributed by atoms with van der Waals surface area (Å²) in [5.41, 5.74) is 1.70. The minimum Gasteiger partial charge on any atom is -0.348 e. The first-order valence-electron chi connectivity index (χ1n) is 9.50. The van der Waals surface area contributed by atoms with Crippen LogP contribution in [0, 0.1) is 0 Å². The summed E-state index contributed by atoms with van der Waals surface area (Å²) in [5, 5.41) is 4.86. The van der Waals surface area contributed by atoms with Gasteiger partial charge in [0.05, 0.1) is 18.3 Å². The topological polar surface area (TPSA) is 66.3 Å². The highest BCUT2D eigenvalue weighted by Crippen LogP contribution is 2.19. The smallest absolute Gasteiger partial charge is 0.253 e. The van der Waals surface area contributed by atoms with Gasteiger partial charge >= 0.3 is 0 Å². The number of hydrogen-bond acceptors (Lipinski definition) is 3. The van der Waals surface area contributed by atoms with Crippen LogP contribution in [0.4, 0.5) is 5.69 Å². The summed E-state index contributed by atoms with van der Waals surface area (Å²) < 4.78 is 0. The zero-order valence-corrected chi connectivity index (χ0v) is 15.7. The normalized spacial score (nSPS) is 15.8.